The summed E-state index contributed by atoms with van der Waals surface area (Å²) in [6.07, 6.45) is 5.00. The first-order chi connectivity index (χ1) is 4.69. The van der Waals surface area contributed by atoms with Crippen molar-refractivity contribution in [2.75, 3.05) is 0 Å². The van der Waals surface area contributed by atoms with Crippen LogP contribution in [0, 0.1) is 0 Å². The highest BCUT2D eigenvalue weighted by molar-refractivity contribution is 4.91. The zero-order chi connectivity index (χ0) is 7.61. The smallest absolute Gasteiger partial charge is 0.0795 e. The molecule has 1 fully saturated rings. The van der Waals surface area contributed by atoms with Crippen molar-refractivity contribution in [3.8, 4) is 0 Å². The van der Waals surface area contributed by atoms with E-state index in [9.17, 15) is 5.11 Å². The van der Waals surface area contributed by atoms with E-state index in [2.05, 4.69) is 0 Å². The highest BCUT2D eigenvalue weighted by Gasteiger charge is 2.34. The molecule has 0 radical (unpaired) electrons. The molecule has 0 heterocycles. The zero-order valence-electron chi connectivity index (χ0n) is 6.64. The van der Waals surface area contributed by atoms with Crippen LogP contribution in [0.25, 0.3) is 0 Å². The normalized spacial score (nSPS) is 41.7. The summed E-state index contributed by atoms with van der Waals surface area (Å²) in [6, 6.07) is 0.0197. The van der Waals surface area contributed by atoms with Gasteiger partial charge in [0.25, 0.3) is 0 Å². The minimum Gasteiger partial charge on any atom is -0.388 e. The molecule has 1 aliphatic rings. The van der Waals surface area contributed by atoms with E-state index in [1.54, 1.807) is 0 Å². The summed E-state index contributed by atoms with van der Waals surface area (Å²) >= 11 is 0. The minimum atomic E-state index is -0.543. The van der Waals surface area contributed by atoms with Crippen molar-refractivity contribution >= 4 is 0 Å². The van der Waals surface area contributed by atoms with Gasteiger partial charge in [0.1, 0.15) is 0 Å². The molecule has 0 spiro atoms. The summed E-state index contributed by atoms with van der Waals surface area (Å²) < 4.78 is 0. The van der Waals surface area contributed by atoms with E-state index in [-0.39, 0.29) is 6.04 Å². The molecule has 0 aromatic heterocycles. The van der Waals surface area contributed by atoms with E-state index in [1.165, 1.54) is 6.42 Å². The number of nitrogens with two attached hydrogens (primary N) is 1. The maximum Gasteiger partial charge on any atom is 0.0795 e. The lowest BCUT2D eigenvalue weighted by Crippen LogP contribution is -2.49. The molecule has 0 amide bonds. The monoisotopic (exact) mass is 143 g/mol. The Morgan fingerprint density at radius 2 is 2.30 bits per heavy atom. The predicted octanol–water partition coefficient (Wildman–Crippen LogP) is 1.03. The molecule has 1 aliphatic carbocycles. The summed E-state index contributed by atoms with van der Waals surface area (Å²) in [5, 5.41) is 9.82. The fourth-order valence-electron chi connectivity index (χ4n) is 1.69. The second-order valence-electron chi connectivity index (χ2n) is 3.31. The van der Waals surface area contributed by atoms with Crippen molar-refractivity contribution < 1.29 is 5.11 Å². The average Bonchev–Trinajstić information content (AvgIpc) is 1.96. The number of hydrogen-bond acceptors (Lipinski definition) is 2. The van der Waals surface area contributed by atoms with Crippen molar-refractivity contribution in [1.82, 2.24) is 0 Å². The second kappa shape index (κ2) is 2.89. The Kier molecular flexibility index (Phi) is 2.32. The number of hydrogen-bond donors (Lipinski definition) is 2. The molecule has 1 rings (SSSR count). The molecule has 0 aliphatic heterocycles. The molecule has 10 heavy (non-hydrogen) atoms. The van der Waals surface area contributed by atoms with Gasteiger partial charge in [0.2, 0.25) is 0 Å². The highest BCUT2D eigenvalue weighted by atomic mass is 16.3. The van der Waals surface area contributed by atoms with Crippen LogP contribution in [-0.4, -0.2) is 16.7 Å². The first-order valence-electron chi connectivity index (χ1n) is 4.17. The largest absolute Gasteiger partial charge is 0.388 e. The van der Waals surface area contributed by atoms with Gasteiger partial charge in [0.15, 0.2) is 0 Å². The molecular weight excluding hydrogens is 126 g/mol. The highest BCUT2D eigenvalue weighted by Crippen LogP contribution is 2.29. The molecule has 2 nitrogen and oxygen atoms in total. The van der Waals surface area contributed by atoms with Crippen LogP contribution in [0.4, 0.5) is 0 Å². The lowest BCUT2D eigenvalue weighted by atomic mass is 9.79. The maximum atomic E-state index is 9.82. The van der Waals surface area contributed by atoms with Crippen LogP contribution in [0.1, 0.15) is 39.0 Å². The van der Waals surface area contributed by atoms with Crippen LogP contribution in [0.3, 0.4) is 0 Å². The minimum absolute atomic E-state index is 0.0197. The quantitative estimate of drug-likeness (QED) is 0.576. The Bertz CT molecular complexity index is 116. The third-order valence-electron chi connectivity index (χ3n) is 2.68. The molecule has 60 valence electrons. The van der Waals surface area contributed by atoms with Gasteiger partial charge in [0.05, 0.1) is 5.60 Å². The zero-order valence-corrected chi connectivity index (χ0v) is 6.64. The van der Waals surface area contributed by atoms with E-state index >= 15 is 0 Å². The molecule has 2 atom stereocenters. The Labute approximate surface area is 62.4 Å². The van der Waals surface area contributed by atoms with Crippen LogP contribution in [0.15, 0.2) is 0 Å². The Hall–Kier alpha value is -0.0800. The van der Waals surface area contributed by atoms with Crippen molar-refractivity contribution in [2.24, 2.45) is 5.73 Å². The van der Waals surface area contributed by atoms with E-state index < -0.39 is 5.60 Å². The van der Waals surface area contributed by atoms with Gasteiger partial charge >= 0.3 is 0 Å². The van der Waals surface area contributed by atoms with Crippen molar-refractivity contribution in [2.45, 2.75) is 50.7 Å². The van der Waals surface area contributed by atoms with Gasteiger partial charge < -0.3 is 10.8 Å². The van der Waals surface area contributed by atoms with Crippen LogP contribution in [0.5, 0.6) is 0 Å². The third kappa shape index (κ3) is 1.32. The van der Waals surface area contributed by atoms with Gasteiger partial charge in [-0.15, -0.1) is 0 Å². The first-order valence-corrected chi connectivity index (χ1v) is 4.17. The van der Waals surface area contributed by atoms with Gasteiger partial charge in [-0.05, 0) is 19.3 Å². The van der Waals surface area contributed by atoms with Crippen molar-refractivity contribution in [3.63, 3.8) is 0 Å². The van der Waals surface area contributed by atoms with Gasteiger partial charge in [-0.2, -0.15) is 0 Å². The number of rotatable bonds is 1. The van der Waals surface area contributed by atoms with Crippen LogP contribution in [-0.2, 0) is 0 Å². The van der Waals surface area contributed by atoms with Gasteiger partial charge in [-0.1, -0.05) is 19.8 Å². The molecule has 3 N–H and O–H groups in total. The van der Waals surface area contributed by atoms with Crippen LogP contribution < -0.4 is 5.73 Å². The van der Waals surface area contributed by atoms with Crippen molar-refractivity contribution in [3.05, 3.63) is 0 Å². The lowest BCUT2D eigenvalue weighted by molar-refractivity contribution is -0.0173. The molecule has 0 bridgehead atoms. The summed E-state index contributed by atoms with van der Waals surface area (Å²) in [4.78, 5) is 0. The van der Waals surface area contributed by atoms with E-state index in [0.717, 1.165) is 25.7 Å². The summed E-state index contributed by atoms with van der Waals surface area (Å²) in [5.41, 5.74) is 5.23. The fraction of sp³-hybridized carbons (Fsp3) is 1.00. The molecule has 2 heteroatoms. The standard InChI is InChI=1S/C8H17NO/c1-2-8(10)6-4-3-5-7(8)9/h7,10H,2-6,9H2,1H3. The molecule has 2 unspecified atom stereocenters. The average molecular weight is 143 g/mol. The van der Waals surface area contributed by atoms with E-state index in [4.69, 9.17) is 5.73 Å². The fourth-order valence-corrected chi connectivity index (χ4v) is 1.69. The SMILES string of the molecule is CCC1(O)CCCCC1N. The topological polar surface area (TPSA) is 46.2 Å². The molecule has 1 saturated carbocycles. The maximum absolute atomic E-state index is 9.82. The van der Waals surface area contributed by atoms with Crippen molar-refractivity contribution in [1.29, 1.82) is 0 Å². The van der Waals surface area contributed by atoms with Crippen LogP contribution >= 0.6 is 0 Å². The van der Waals surface area contributed by atoms with Gasteiger partial charge in [0, 0.05) is 6.04 Å². The predicted molar refractivity (Wildman–Crippen MR) is 41.7 cm³/mol. The molecule has 0 aromatic rings. The Balaban J connectivity index is 2.54. The summed E-state index contributed by atoms with van der Waals surface area (Å²) in [6.45, 7) is 2.01. The molecule has 0 saturated heterocycles. The summed E-state index contributed by atoms with van der Waals surface area (Å²) in [7, 11) is 0. The Morgan fingerprint density at radius 1 is 1.60 bits per heavy atom. The second-order valence-corrected chi connectivity index (χ2v) is 3.31. The Morgan fingerprint density at radius 3 is 2.70 bits per heavy atom. The van der Waals surface area contributed by atoms with E-state index in [1.807, 2.05) is 6.92 Å². The molecular formula is C8H17NO. The summed E-state index contributed by atoms with van der Waals surface area (Å²) in [5.74, 6) is 0. The number of aliphatic hydroxyl groups is 1. The lowest BCUT2D eigenvalue weighted by Gasteiger charge is -2.36. The van der Waals surface area contributed by atoms with Gasteiger partial charge in [-0.3, -0.25) is 0 Å². The van der Waals surface area contributed by atoms with Crippen LogP contribution in [0.2, 0.25) is 0 Å². The molecule has 0 aromatic carbocycles. The third-order valence-corrected chi connectivity index (χ3v) is 2.68. The first kappa shape index (κ1) is 8.02. The van der Waals surface area contributed by atoms with Gasteiger partial charge in [-0.25, -0.2) is 0 Å². The van der Waals surface area contributed by atoms with E-state index in [0.29, 0.717) is 0 Å².